The molecule has 2 aromatic carbocycles. The first-order valence-corrected chi connectivity index (χ1v) is 11.2. The highest BCUT2D eigenvalue weighted by molar-refractivity contribution is 7.10. The molecule has 0 aliphatic carbocycles. The van der Waals surface area contributed by atoms with Gasteiger partial charge in [0.25, 0.3) is 5.91 Å². The highest BCUT2D eigenvalue weighted by atomic mass is 32.1. The van der Waals surface area contributed by atoms with E-state index >= 15 is 0 Å². The largest absolute Gasteiger partial charge is 0.497 e. The van der Waals surface area contributed by atoms with Gasteiger partial charge in [0.05, 0.1) is 13.2 Å². The van der Waals surface area contributed by atoms with Crippen LogP contribution in [0.1, 0.15) is 57.7 Å². The summed E-state index contributed by atoms with van der Waals surface area (Å²) in [6.07, 6.45) is 4.35. The van der Waals surface area contributed by atoms with Crippen molar-refractivity contribution in [2.45, 2.75) is 38.6 Å². The molecule has 4 heteroatoms. The number of hydrogen-bond acceptors (Lipinski definition) is 3. The number of thiophene rings is 1. The van der Waals surface area contributed by atoms with Gasteiger partial charge in [-0.15, -0.1) is 11.3 Å². The van der Waals surface area contributed by atoms with Crippen LogP contribution < -0.4 is 4.74 Å². The quantitative estimate of drug-likeness (QED) is 0.512. The van der Waals surface area contributed by atoms with E-state index in [2.05, 4.69) is 42.6 Å². The van der Waals surface area contributed by atoms with E-state index in [9.17, 15) is 4.79 Å². The summed E-state index contributed by atoms with van der Waals surface area (Å²) in [5, 5.41) is 2.14. The van der Waals surface area contributed by atoms with Crippen LogP contribution >= 0.6 is 11.3 Å². The second-order valence-electron chi connectivity index (χ2n) is 7.52. The zero-order valence-electron chi connectivity index (χ0n) is 17.1. The Hall–Kier alpha value is -2.59. The van der Waals surface area contributed by atoms with Gasteiger partial charge in [-0.2, -0.15) is 0 Å². The summed E-state index contributed by atoms with van der Waals surface area (Å²) in [6.45, 7) is 2.94. The molecule has 2 heterocycles. The topological polar surface area (TPSA) is 29.5 Å². The number of fused-ring (bicyclic) bond motifs is 1. The fourth-order valence-electron chi connectivity index (χ4n) is 4.04. The Morgan fingerprint density at radius 3 is 2.55 bits per heavy atom. The molecule has 29 heavy (non-hydrogen) atoms. The van der Waals surface area contributed by atoms with Crippen LogP contribution in [0.5, 0.6) is 5.75 Å². The molecule has 0 spiro atoms. The van der Waals surface area contributed by atoms with Crippen molar-refractivity contribution in [3.63, 3.8) is 0 Å². The van der Waals surface area contributed by atoms with Gasteiger partial charge in [0.1, 0.15) is 5.75 Å². The average Bonchev–Trinajstić information content (AvgIpc) is 3.26. The van der Waals surface area contributed by atoms with Gasteiger partial charge in [0.15, 0.2) is 0 Å². The van der Waals surface area contributed by atoms with Crippen molar-refractivity contribution in [1.82, 2.24) is 4.90 Å². The number of methoxy groups -OCH3 is 1. The number of carbonyl (C=O) groups excluding carboxylic acids is 1. The first-order chi connectivity index (χ1) is 14.2. The summed E-state index contributed by atoms with van der Waals surface area (Å²) in [6, 6.07) is 18.4. The summed E-state index contributed by atoms with van der Waals surface area (Å²) in [5.41, 5.74) is 4.44. The number of hydrogen-bond donors (Lipinski definition) is 0. The van der Waals surface area contributed by atoms with Crippen molar-refractivity contribution < 1.29 is 9.53 Å². The van der Waals surface area contributed by atoms with E-state index in [0.717, 1.165) is 36.3 Å². The van der Waals surface area contributed by atoms with Gasteiger partial charge in [-0.05, 0) is 71.7 Å². The summed E-state index contributed by atoms with van der Waals surface area (Å²) in [4.78, 5) is 16.9. The van der Waals surface area contributed by atoms with Crippen LogP contribution in [0.2, 0.25) is 0 Å². The molecule has 0 fully saturated rings. The van der Waals surface area contributed by atoms with Crippen molar-refractivity contribution in [2.24, 2.45) is 0 Å². The standard InChI is InChI=1S/C25H27NO2S/c1-3-4-5-18-6-8-20(9-7-18)25(27)26-16-14-23-22(15-17-29-23)24(26)19-10-12-21(28-2)13-11-19/h6-13,15,17,24H,3-5,14,16H2,1-2H3/t24-/m0/s1. The first kappa shape index (κ1) is 19.7. The van der Waals surface area contributed by atoms with Crippen LogP contribution in [0.4, 0.5) is 0 Å². The Kier molecular flexibility index (Phi) is 6.00. The van der Waals surface area contributed by atoms with E-state index in [1.54, 1.807) is 18.4 Å². The van der Waals surface area contributed by atoms with Crippen LogP contribution in [-0.2, 0) is 12.8 Å². The van der Waals surface area contributed by atoms with Gasteiger partial charge >= 0.3 is 0 Å². The Labute approximate surface area is 176 Å². The zero-order valence-corrected chi connectivity index (χ0v) is 17.9. The van der Waals surface area contributed by atoms with Gasteiger partial charge in [-0.1, -0.05) is 37.6 Å². The number of nitrogens with zero attached hydrogens (tertiary/aromatic N) is 1. The molecule has 1 atom stereocenters. The lowest BCUT2D eigenvalue weighted by Gasteiger charge is -2.36. The molecule has 0 unspecified atom stereocenters. The molecule has 0 saturated carbocycles. The number of aryl methyl sites for hydroxylation is 1. The molecule has 0 saturated heterocycles. The Morgan fingerprint density at radius 2 is 1.86 bits per heavy atom. The number of carbonyl (C=O) groups is 1. The van der Waals surface area contributed by atoms with Crippen LogP contribution in [0, 0.1) is 0 Å². The maximum absolute atomic E-state index is 13.5. The molecular formula is C25H27NO2S. The fourth-order valence-corrected chi connectivity index (χ4v) is 4.95. The number of amides is 1. The van der Waals surface area contributed by atoms with Crippen LogP contribution in [-0.4, -0.2) is 24.5 Å². The number of benzene rings is 2. The third-order valence-corrected chi connectivity index (χ3v) is 6.67. The summed E-state index contributed by atoms with van der Waals surface area (Å²) < 4.78 is 5.32. The monoisotopic (exact) mass is 405 g/mol. The van der Waals surface area contributed by atoms with Crippen molar-refractivity contribution >= 4 is 17.2 Å². The predicted molar refractivity (Wildman–Crippen MR) is 119 cm³/mol. The molecule has 0 N–H and O–H groups in total. The molecule has 1 amide bonds. The molecular weight excluding hydrogens is 378 g/mol. The average molecular weight is 406 g/mol. The Bertz CT molecular complexity index is 959. The second-order valence-corrected chi connectivity index (χ2v) is 8.52. The molecule has 1 aromatic heterocycles. The highest BCUT2D eigenvalue weighted by Gasteiger charge is 2.33. The van der Waals surface area contributed by atoms with E-state index < -0.39 is 0 Å². The minimum absolute atomic E-state index is 0.0526. The third kappa shape index (κ3) is 4.08. The molecule has 1 aliphatic heterocycles. The molecule has 0 bridgehead atoms. The fraction of sp³-hybridized carbons (Fsp3) is 0.320. The predicted octanol–water partition coefficient (Wildman–Crippen LogP) is 5.89. The van der Waals surface area contributed by atoms with Gasteiger partial charge in [0, 0.05) is 17.0 Å². The van der Waals surface area contributed by atoms with E-state index in [4.69, 9.17) is 4.74 Å². The zero-order chi connectivity index (χ0) is 20.2. The van der Waals surface area contributed by atoms with E-state index in [0.29, 0.717) is 0 Å². The highest BCUT2D eigenvalue weighted by Crippen LogP contribution is 2.39. The molecule has 4 rings (SSSR count). The van der Waals surface area contributed by atoms with E-state index in [1.165, 1.54) is 28.8 Å². The van der Waals surface area contributed by atoms with Gasteiger partial charge < -0.3 is 9.64 Å². The van der Waals surface area contributed by atoms with Crippen LogP contribution in [0.25, 0.3) is 0 Å². The van der Waals surface area contributed by atoms with Crippen molar-refractivity contribution in [3.8, 4) is 5.75 Å². The SMILES string of the molecule is CCCCc1ccc(C(=O)N2CCc3sccc3[C@@H]2c2ccc(OC)cc2)cc1. The van der Waals surface area contributed by atoms with Crippen molar-refractivity contribution in [3.05, 3.63) is 87.1 Å². The van der Waals surface area contributed by atoms with Gasteiger partial charge in [-0.25, -0.2) is 0 Å². The minimum Gasteiger partial charge on any atom is -0.497 e. The molecule has 3 nitrogen and oxygen atoms in total. The number of rotatable bonds is 6. The maximum atomic E-state index is 13.5. The summed E-state index contributed by atoms with van der Waals surface area (Å²) in [5.74, 6) is 0.931. The third-order valence-electron chi connectivity index (χ3n) is 5.68. The molecule has 3 aromatic rings. The normalized spacial score (nSPS) is 15.8. The van der Waals surface area contributed by atoms with Crippen molar-refractivity contribution in [1.29, 1.82) is 0 Å². The molecule has 1 aliphatic rings. The number of ether oxygens (including phenoxy) is 1. The molecule has 150 valence electrons. The van der Waals surface area contributed by atoms with Gasteiger partial charge in [0.2, 0.25) is 0 Å². The lowest BCUT2D eigenvalue weighted by molar-refractivity contribution is 0.0696. The second kappa shape index (κ2) is 8.83. The Morgan fingerprint density at radius 1 is 1.10 bits per heavy atom. The number of unbranched alkanes of at least 4 members (excludes halogenated alkanes) is 1. The van der Waals surface area contributed by atoms with Gasteiger partial charge in [-0.3, -0.25) is 4.79 Å². The van der Waals surface area contributed by atoms with Crippen molar-refractivity contribution in [2.75, 3.05) is 13.7 Å². The first-order valence-electron chi connectivity index (χ1n) is 10.3. The van der Waals surface area contributed by atoms with E-state index in [1.807, 2.05) is 29.2 Å². The smallest absolute Gasteiger partial charge is 0.254 e. The summed E-state index contributed by atoms with van der Waals surface area (Å²) in [7, 11) is 1.67. The van der Waals surface area contributed by atoms with Crippen LogP contribution in [0.15, 0.2) is 60.0 Å². The Balaban J connectivity index is 1.64. The van der Waals surface area contributed by atoms with Crippen LogP contribution in [0.3, 0.4) is 0 Å². The summed E-state index contributed by atoms with van der Waals surface area (Å²) >= 11 is 1.79. The minimum atomic E-state index is -0.0526. The maximum Gasteiger partial charge on any atom is 0.254 e. The van der Waals surface area contributed by atoms with E-state index in [-0.39, 0.29) is 11.9 Å². The lowest BCUT2D eigenvalue weighted by atomic mass is 9.92. The lowest BCUT2D eigenvalue weighted by Crippen LogP contribution is -2.40. The molecule has 0 radical (unpaired) electrons.